The smallest absolute Gasteiger partial charge is 0.337 e. The van der Waals surface area contributed by atoms with E-state index in [-0.39, 0.29) is 54.9 Å². The second-order valence-electron chi connectivity index (χ2n) is 33.9. The Morgan fingerprint density at radius 1 is 0.625 bits per heavy atom. The molecule has 4 bridgehead atoms. The number of nitrogens with zero attached hydrogens (tertiary/aromatic N) is 2. The first kappa shape index (κ1) is 80.5. The molecule has 104 heavy (non-hydrogen) atoms. The van der Waals surface area contributed by atoms with E-state index >= 15 is 4.79 Å². The molecular formula is C79H114Cl2N4O18Si. The number of hydrogen-bond acceptors (Lipinski definition) is 22. The number of aliphatic hydroxyl groups excluding tert-OH is 1. The fraction of sp³-hybridized carbons (Fsp3) is 0.722. The van der Waals surface area contributed by atoms with Crippen molar-refractivity contribution in [3.63, 3.8) is 0 Å². The van der Waals surface area contributed by atoms with Gasteiger partial charge in [0, 0.05) is 72.6 Å². The van der Waals surface area contributed by atoms with Gasteiger partial charge in [0.25, 0.3) is 0 Å². The Hall–Kier alpha value is -4.54. The first-order chi connectivity index (χ1) is 48.6. The van der Waals surface area contributed by atoms with Gasteiger partial charge in [-0.25, -0.2) is 9.59 Å². The van der Waals surface area contributed by atoms with Gasteiger partial charge >= 0.3 is 23.9 Å². The van der Waals surface area contributed by atoms with Crippen LogP contribution in [0.1, 0.15) is 187 Å². The van der Waals surface area contributed by atoms with E-state index in [0.717, 1.165) is 22.3 Å². The van der Waals surface area contributed by atoms with Gasteiger partial charge in [0.05, 0.1) is 70.1 Å². The molecule has 0 amide bonds. The Morgan fingerprint density at radius 3 is 1.34 bits per heavy atom. The van der Waals surface area contributed by atoms with Crippen molar-refractivity contribution in [1.82, 2.24) is 20.6 Å². The number of pyridine rings is 2. The van der Waals surface area contributed by atoms with Crippen molar-refractivity contribution in [2.24, 2.45) is 45.3 Å². The SMILES string of the molecule is C=C[C@@H]1O[C@@H]2C3=C(C)[C@@H](OC(=O)[C@H](O)[C@@H](NC)c4ccc(Cl)cn4)C[C@@](O)([C@@H](C)[C@H]4[C@@](C)(CC[C@H]5OC[C@]54OC(C)=O)[C@@H]2O1)C3(C)C.C=C[C@@H]1O[C@@H]2C3=C(C)[C@@H](OC(=O)[C@H](O[Si](C(C)C)(C(C)C)C(C)C)[C@@H](NC)c4ccc(Cl)cn4)C[C@@](O)([C@@H](C)[C@H]4[C@@](C)(CC[C@H]5OC[C@]54OC(C)=O)[C@@H]2O1)C3(C)C. The van der Waals surface area contributed by atoms with Crippen molar-refractivity contribution in [3.8, 4) is 0 Å². The van der Waals surface area contributed by atoms with E-state index in [1.54, 1.807) is 56.7 Å². The van der Waals surface area contributed by atoms with E-state index in [1.807, 2.05) is 48.5 Å². The predicted molar refractivity (Wildman–Crippen MR) is 392 cm³/mol. The summed E-state index contributed by atoms with van der Waals surface area (Å²) in [4.78, 5) is 63.3. The molecular weight excluding hydrogens is 1390 g/mol. The molecule has 8 fully saturated rings. The van der Waals surface area contributed by atoms with Crippen molar-refractivity contribution in [3.05, 3.63) is 106 Å². The summed E-state index contributed by atoms with van der Waals surface area (Å²) in [6.45, 7) is 44.6. The van der Waals surface area contributed by atoms with Crippen molar-refractivity contribution in [1.29, 1.82) is 0 Å². The first-order valence-electron chi connectivity index (χ1n) is 37.3. The van der Waals surface area contributed by atoms with Crippen LogP contribution >= 0.6 is 23.2 Å². The third-order valence-corrected chi connectivity index (χ3v) is 33.8. The third-order valence-electron chi connectivity index (χ3n) is 27.3. The lowest BCUT2D eigenvalue weighted by molar-refractivity contribution is -0.337. The summed E-state index contributed by atoms with van der Waals surface area (Å²) in [5, 5.41) is 45.2. The summed E-state index contributed by atoms with van der Waals surface area (Å²) in [6.07, 6.45) is 0.469. The van der Waals surface area contributed by atoms with E-state index in [2.05, 4.69) is 96.1 Å². The van der Waals surface area contributed by atoms with Gasteiger partial charge in [-0.15, -0.1) is 0 Å². The molecule has 4 saturated carbocycles. The van der Waals surface area contributed by atoms with Gasteiger partial charge in [0.1, 0.15) is 36.6 Å². The zero-order valence-electron chi connectivity index (χ0n) is 64.4. The van der Waals surface area contributed by atoms with Crippen molar-refractivity contribution < 1.29 is 86.3 Å². The van der Waals surface area contributed by atoms with Crippen LogP contribution in [0.2, 0.25) is 26.7 Å². The molecule has 2 aromatic heterocycles. The molecule has 10 aliphatic rings. The minimum absolute atomic E-state index is 0.0514. The average Bonchev–Trinajstić information content (AvgIpc) is 1.10. The number of nitrogens with one attached hydrogen (secondary N) is 2. The molecule has 576 valence electrons. The van der Waals surface area contributed by atoms with Gasteiger partial charge in [0.15, 0.2) is 36.0 Å². The molecule has 24 atom stereocenters. The highest BCUT2D eigenvalue weighted by molar-refractivity contribution is 6.77. The maximum absolute atomic E-state index is 15.2. The zero-order chi connectivity index (χ0) is 76.5. The second kappa shape index (κ2) is 29.0. The van der Waals surface area contributed by atoms with Crippen LogP contribution in [0, 0.1) is 45.3 Å². The topological polar surface area (TPSA) is 280 Å². The molecule has 0 spiro atoms. The lowest BCUT2D eigenvalue weighted by Gasteiger charge is -2.68. The maximum atomic E-state index is 15.2. The Balaban J connectivity index is 0.000000212. The summed E-state index contributed by atoms with van der Waals surface area (Å²) in [5.41, 5.74) is -3.14. The van der Waals surface area contributed by atoms with Crippen LogP contribution in [0.3, 0.4) is 0 Å². The van der Waals surface area contributed by atoms with Gasteiger partial charge in [-0.3, -0.25) is 19.6 Å². The van der Waals surface area contributed by atoms with Crippen LogP contribution in [-0.2, 0) is 71.0 Å². The van der Waals surface area contributed by atoms with E-state index in [1.165, 1.54) is 20.0 Å². The summed E-state index contributed by atoms with van der Waals surface area (Å²) in [5.74, 6) is -3.98. The number of fused-ring (bicyclic) bond motifs is 16. The highest BCUT2D eigenvalue weighted by Gasteiger charge is 2.77. The summed E-state index contributed by atoms with van der Waals surface area (Å²) >= 11 is 12.3. The normalized spacial score (nSPS) is 39.0. The maximum Gasteiger partial charge on any atom is 0.337 e. The molecule has 0 aromatic carbocycles. The van der Waals surface area contributed by atoms with Gasteiger partial charge in [0.2, 0.25) is 8.32 Å². The molecule has 22 nitrogen and oxygen atoms in total. The quantitative estimate of drug-likeness (QED) is 0.0378. The average molecular weight is 1510 g/mol. The largest absolute Gasteiger partial charge is 0.456 e. The fourth-order valence-electron chi connectivity index (χ4n) is 22.5. The molecule has 0 unspecified atom stereocenters. The van der Waals surface area contributed by atoms with Gasteiger partial charge in [-0.1, -0.05) is 133 Å². The first-order valence-corrected chi connectivity index (χ1v) is 40.2. The highest BCUT2D eigenvalue weighted by Crippen LogP contribution is 2.70. The van der Waals surface area contributed by atoms with Crippen LogP contribution < -0.4 is 10.6 Å². The third kappa shape index (κ3) is 12.6. The molecule has 6 aliphatic carbocycles. The van der Waals surface area contributed by atoms with Crippen molar-refractivity contribution in [2.45, 2.75) is 288 Å². The summed E-state index contributed by atoms with van der Waals surface area (Å²) in [7, 11) is 0.714. The molecule has 4 aliphatic heterocycles. The molecule has 0 radical (unpaired) electrons. The number of ether oxygens (including phenoxy) is 10. The monoisotopic (exact) mass is 1500 g/mol. The molecule has 12 rings (SSSR count). The number of aromatic nitrogens is 2. The van der Waals surface area contributed by atoms with Crippen molar-refractivity contribution >= 4 is 55.4 Å². The van der Waals surface area contributed by atoms with Gasteiger partial charge in [-0.2, -0.15) is 0 Å². The van der Waals surface area contributed by atoms with E-state index in [0.29, 0.717) is 47.1 Å². The second-order valence-corrected chi connectivity index (χ2v) is 40.2. The van der Waals surface area contributed by atoms with Gasteiger partial charge < -0.3 is 77.7 Å². The number of rotatable bonds is 19. The number of hydrogen-bond donors (Lipinski definition) is 5. The minimum Gasteiger partial charge on any atom is -0.456 e. The van der Waals surface area contributed by atoms with Crippen LogP contribution in [0.5, 0.6) is 0 Å². The standard InChI is InChI=1S/C44H67ClN2O9Si.C35H47ClN2O9/c1-15-33-53-36-34-26(8)31(52-40(49)37(35(46-14)30-17-16-29(45)21-47-30)56-57(23(2)3,24(4)5)25(6)7)20-44(50,41(34,11)12)27(9)38-42(13,39(36)54-33)19-18-32-43(38,22-51-32)55-28(10)48;1-9-24-45-28-25-17(2)22(44-31(41)27(40)26(37-8)21-11-10-20(36)15-38-21)14-35(42,32(25,5)6)18(3)29-33(7,30(28)46-24)13-12-23-34(29,16-43-23)47-19(4)39/h15-17,21,23-25,27,31-33,35-39,46,50H,1,18-20,22H2,2-14H3;9-11,15,18,22-24,26-30,37,40,42H,1,12-14,16H2,2-8H3/t27-,31-,32+,33+,35-,36+,37+,38-,39+,42+,43-,44+;18-,22-,23+,24+,26-,27+,28+,29-,30+,33+,34-,35+/m00/s1. The molecule has 2 aromatic rings. The van der Waals surface area contributed by atoms with E-state index < -0.39 is 173 Å². The number of carbonyl (C=O) groups is 4. The Kier molecular flexibility index (Phi) is 22.5. The number of likely N-dealkylation sites (N-methyl/N-ethyl adjacent to an activating group) is 2. The number of esters is 4. The van der Waals surface area contributed by atoms with Gasteiger partial charge in [-0.05, 0) is 141 Å². The van der Waals surface area contributed by atoms with Crippen LogP contribution in [-0.4, -0.2) is 181 Å². The Morgan fingerprint density at radius 2 is 1.01 bits per heavy atom. The molecule has 5 N–H and O–H groups in total. The van der Waals surface area contributed by atoms with Crippen LogP contribution in [0.25, 0.3) is 0 Å². The fourth-order valence-corrected chi connectivity index (χ4v) is 28.2. The highest BCUT2D eigenvalue weighted by atomic mass is 35.5. The number of halogens is 2. The lowest BCUT2D eigenvalue weighted by atomic mass is 9.43. The lowest BCUT2D eigenvalue weighted by Crippen LogP contribution is -2.77. The minimum atomic E-state index is -2.69. The van der Waals surface area contributed by atoms with E-state index in [9.17, 15) is 29.7 Å². The van der Waals surface area contributed by atoms with Crippen LogP contribution in [0.15, 0.2) is 84.3 Å². The van der Waals surface area contributed by atoms with E-state index in [4.69, 9.17) is 75.0 Å². The number of carbonyl (C=O) groups excluding carboxylic acids is 4. The molecule has 25 heteroatoms. The Bertz CT molecular complexity index is 3650. The summed E-state index contributed by atoms with van der Waals surface area (Å²) in [6, 6.07) is 5.29. The Labute approximate surface area is 625 Å². The molecule has 6 heterocycles. The predicted octanol–water partition coefficient (Wildman–Crippen LogP) is 11.8. The summed E-state index contributed by atoms with van der Waals surface area (Å²) < 4.78 is 71.7. The van der Waals surface area contributed by atoms with Crippen LogP contribution in [0.4, 0.5) is 0 Å². The zero-order valence-corrected chi connectivity index (χ0v) is 66.9. The number of aliphatic hydroxyl groups is 3. The van der Waals surface area contributed by atoms with Crippen molar-refractivity contribution in [2.75, 3.05) is 27.3 Å². The molecule has 4 saturated heterocycles.